The summed E-state index contributed by atoms with van der Waals surface area (Å²) in [7, 11) is 1.63. The quantitative estimate of drug-likeness (QED) is 0.766. The highest BCUT2D eigenvalue weighted by molar-refractivity contribution is 9.10. The molecule has 5 heteroatoms. The van der Waals surface area contributed by atoms with E-state index in [0.29, 0.717) is 11.6 Å². The summed E-state index contributed by atoms with van der Waals surface area (Å²) in [5.74, 6) is 1.68. The van der Waals surface area contributed by atoms with Crippen LogP contribution in [0.25, 0.3) is 22.5 Å². The zero-order chi connectivity index (χ0) is 14.8. The van der Waals surface area contributed by atoms with Gasteiger partial charge in [0.25, 0.3) is 0 Å². The first-order valence-electron chi connectivity index (χ1n) is 6.36. The highest BCUT2D eigenvalue weighted by Crippen LogP contribution is 2.42. The molecule has 2 aromatic carbocycles. The summed E-state index contributed by atoms with van der Waals surface area (Å²) in [6.07, 6.45) is 0. The van der Waals surface area contributed by atoms with E-state index in [2.05, 4.69) is 21.1 Å². The monoisotopic (exact) mass is 344 g/mol. The largest absolute Gasteiger partial charge is 0.496 e. The molecule has 0 atom stereocenters. The van der Waals surface area contributed by atoms with E-state index in [4.69, 9.17) is 15.0 Å². The summed E-state index contributed by atoms with van der Waals surface area (Å²) in [6.45, 7) is 0. The summed E-state index contributed by atoms with van der Waals surface area (Å²) in [6, 6.07) is 15.4. The molecule has 1 aromatic heterocycles. The molecule has 0 fully saturated rings. The van der Waals surface area contributed by atoms with Crippen molar-refractivity contribution in [3.8, 4) is 28.2 Å². The molecule has 3 rings (SSSR count). The lowest BCUT2D eigenvalue weighted by atomic mass is 10.0. The van der Waals surface area contributed by atoms with Crippen LogP contribution in [0.2, 0.25) is 0 Å². The smallest absolute Gasteiger partial charge is 0.178 e. The van der Waals surface area contributed by atoms with E-state index >= 15 is 0 Å². The predicted molar refractivity (Wildman–Crippen MR) is 86.0 cm³/mol. The Morgan fingerprint density at radius 2 is 1.71 bits per heavy atom. The number of rotatable bonds is 3. The average molecular weight is 345 g/mol. The van der Waals surface area contributed by atoms with Crippen LogP contribution in [0.15, 0.2) is 57.5 Å². The van der Waals surface area contributed by atoms with Crippen LogP contribution in [0.4, 0.5) is 5.82 Å². The maximum Gasteiger partial charge on any atom is 0.178 e. The van der Waals surface area contributed by atoms with Crippen molar-refractivity contribution in [2.45, 2.75) is 0 Å². The molecule has 2 N–H and O–H groups in total. The first-order chi connectivity index (χ1) is 10.2. The molecule has 0 aliphatic heterocycles. The molecule has 0 spiro atoms. The highest BCUT2D eigenvalue weighted by Gasteiger charge is 2.21. The van der Waals surface area contributed by atoms with Crippen LogP contribution in [0.5, 0.6) is 5.75 Å². The minimum absolute atomic E-state index is 0.338. The van der Waals surface area contributed by atoms with Gasteiger partial charge in [-0.15, -0.1) is 0 Å². The van der Waals surface area contributed by atoms with Gasteiger partial charge >= 0.3 is 0 Å². The van der Waals surface area contributed by atoms with E-state index in [1.807, 2.05) is 48.5 Å². The molecular formula is C16H13BrN2O2. The number of para-hydroxylation sites is 1. The van der Waals surface area contributed by atoms with Crippen LogP contribution in [0.1, 0.15) is 0 Å². The van der Waals surface area contributed by atoms with Gasteiger partial charge in [-0.2, -0.15) is 0 Å². The van der Waals surface area contributed by atoms with E-state index < -0.39 is 0 Å². The van der Waals surface area contributed by atoms with Crippen molar-refractivity contribution >= 4 is 21.7 Å². The number of methoxy groups -OCH3 is 1. The van der Waals surface area contributed by atoms with E-state index in [1.165, 1.54) is 0 Å². The van der Waals surface area contributed by atoms with Gasteiger partial charge in [0, 0.05) is 15.6 Å². The summed E-state index contributed by atoms with van der Waals surface area (Å²) in [4.78, 5) is 0. The fraction of sp³-hybridized carbons (Fsp3) is 0.0625. The van der Waals surface area contributed by atoms with Gasteiger partial charge in [0.05, 0.1) is 12.7 Å². The molecule has 21 heavy (non-hydrogen) atoms. The Hall–Kier alpha value is -2.27. The molecule has 106 valence electrons. The number of halogens is 1. The number of nitrogens with zero attached hydrogens (tertiary/aromatic N) is 1. The molecule has 1 heterocycles. The third-order valence-electron chi connectivity index (χ3n) is 3.21. The van der Waals surface area contributed by atoms with Crippen molar-refractivity contribution in [2.24, 2.45) is 0 Å². The first-order valence-corrected chi connectivity index (χ1v) is 7.15. The summed E-state index contributed by atoms with van der Waals surface area (Å²) in [5.41, 5.74) is 8.49. The number of ether oxygens (including phenoxy) is 1. The number of nitrogens with two attached hydrogens (primary N) is 1. The van der Waals surface area contributed by atoms with Gasteiger partial charge in [-0.25, -0.2) is 0 Å². The molecule has 0 unspecified atom stereocenters. The minimum Gasteiger partial charge on any atom is -0.496 e. The van der Waals surface area contributed by atoms with E-state index in [1.54, 1.807) is 7.11 Å². The van der Waals surface area contributed by atoms with Crippen molar-refractivity contribution in [1.29, 1.82) is 0 Å². The van der Waals surface area contributed by atoms with Crippen molar-refractivity contribution < 1.29 is 9.26 Å². The zero-order valence-electron chi connectivity index (χ0n) is 11.3. The molecule has 3 aromatic rings. The van der Waals surface area contributed by atoms with Crippen LogP contribution in [-0.4, -0.2) is 12.3 Å². The van der Waals surface area contributed by atoms with E-state index in [-0.39, 0.29) is 0 Å². The summed E-state index contributed by atoms with van der Waals surface area (Å²) >= 11 is 3.52. The van der Waals surface area contributed by atoms with E-state index in [0.717, 1.165) is 26.9 Å². The number of nitrogen functional groups attached to an aromatic ring is 1. The van der Waals surface area contributed by atoms with Crippen LogP contribution >= 0.6 is 15.9 Å². The highest BCUT2D eigenvalue weighted by atomic mass is 79.9. The fourth-order valence-corrected chi connectivity index (χ4v) is 2.71. The topological polar surface area (TPSA) is 61.3 Å². The lowest BCUT2D eigenvalue weighted by Crippen LogP contribution is -1.92. The Morgan fingerprint density at radius 1 is 1.05 bits per heavy atom. The lowest BCUT2D eigenvalue weighted by Gasteiger charge is -2.09. The standard InChI is InChI=1S/C16H13BrN2O2/c1-20-13-9-5-3-7-11(13)14-15(21-19-16(14)18)10-6-2-4-8-12(10)17/h2-9H,1H3,(H2,18,19). The second-order valence-electron chi connectivity index (χ2n) is 4.45. The van der Waals surface area contributed by atoms with Gasteiger partial charge in [0.2, 0.25) is 0 Å². The third-order valence-corrected chi connectivity index (χ3v) is 3.90. The van der Waals surface area contributed by atoms with Crippen LogP contribution in [-0.2, 0) is 0 Å². The number of benzene rings is 2. The Labute approximate surface area is 130 Å². The van der Waals surface area contributed by atoms with Crippen molar-refractivity contribution in [2.75, 3.05) is 12.8 Å². The van der Waals surface area contributed by atoms with Gasteiger partial charge in [-0.3, -0.25) is 0 Å². The Bertz CT molecular complexity index is 783. The number of anilines is 1. The van der Waals surface area contributed by atoms with Crippen LogP contribution in [0, 0.1) is 0 Å². The Morgan fingerprint density at radius 3 is 2.43 bits per heavy atom. The van der Waals surface area contributed by atoms with Gasteiger partial charge in [0.15, 0.2) is 11.6 Å². The SMILES string of the molecule is COc1ccccc1-c1c(N)noc1-c1ccccc1Br. The van der Waals surface area contributed by atoms with Crippen molar-refractivity contribution in [3.05, 3.63) is 53.0 Å². The maximum absolute atomic E-state index is 6.01. The van der Waals surface area contributed by atoms with Crippen molar-refractivity contribution in [3.63, 3.8) is 0 Å². The molecule has 4 nitrogen and oxygen atoms in total. The number of aromatic nitrogens is 1. The van der Waals surface area contributed by atoms with Crippen LogP contribution in [0.3, 0.4) is 0 Å². The zero-order valence-corrected chi connectivity index (χ0v) is 12.9. The normalized spacial score (nSPS) is 10.6. The second-order valence-corrected chi connectivity index (χ2v) is 5.31. The molecular weight excluding hydrogens is 332 g/mol. The molecule has 0 saturated carbocycles. The van der Waals surface area contributed by atoms with Gasteiger partial charge in [0.1, 0.15) is 5.75 Å². The fourth-order valence-electron chi connectivity index (χ4n) is 2.24. The Kier molecular flexibility index (Phi) is 3.66. The lowest BCUT2D eigenvalue weighted by molar-refractivity contribution is 0.416. The van der Waals surface area contributed by atoms with E-state index in [9.17, 15) is 0 Å². The number of hydrogen-bond acceptors (Lipinski definition) is 4. The molecule has 0 bridgehead atoms. The average Bonchev–Trinajstić information content (AvgIpc) is 2.89. The number of hydrogen-bond donors (Lipinski definition) is 1. The van der Waals surface area contributed by atoms with Gasteiger partial charge < -0.3 is 15.0 Å². The molecule has 0 aliphatic carbocycles. The summed E-state index contributed by atoms with van der Waals surface area (Å²) < 4.78 is 11.8. The Balaban J connectivity index is 2.25. The molecule has 0 radical (unpaired) electrons. The van der Waals surface area contributed by atoms with Crippen molar-refractivity contribution in [1.82, 2.24) is 5.16 Å². The molecule has 0 aliphatic rings. The predicted octanol–water partition coefficient (Wildman–Crippen LogP) is 4.36. The summed E-state index contributed by atoms with van der Waals surface area (Å²) in [5, 5.41) is 3.91. The maximum atomic E-state index is 6.01. The van der Waals surface area contributed by atoms with Gasteiger partial charge in [-0.1, -0.05) is 51.4 Å². The van der Waals surface area contributed by atoms with Crippen LogP contribution < -0.4 is 10.5 Å². The van der Waals surface area contributed by atoms with Gasteiger partial charge in [-0.05, 0) is 18.2 Å². The minimum atomic E-state index is 0.338. The third kappa shape index (κ3) is 2.40. The molecule has 0 amide bonds. The second kappa shape index (κ2) is 5.61. The first kappa shape index (κ1) is 13.7. The molecule has 0 saturated heterocycles.